The number of fused-ring (bicyclic) bond motifs is 1. The molecule has 7 heteroatoms. The molecule has 130 valence electrons. The van der Waals surface area contributed by atoms with Crippen LogP contribution in [0, 0.1) is 6.92 Å². The summed E-state index contributed by atoms with van der Waals surface area (Å²) in [5.74, 6) is -0.317. The maximum atomic E-state index is 12.7. The molecule has 2 heterocycles. The summed E-state index contributed by atoms with van der Waals surface area (Å²) in [6.07, 6.45) is 0.595. The number of aromatic amines is 1. The van der Waals surface area contributed by atoms with Gasteiger partial charge in [-0.1, -0.05) is 49.0 Å². The van der Waals surface area contributed by atoms with Crippen LogP contribution < -0.4 is 5.56 Å². The van der Waals surface area contributed by atoms with E-state index in [9.17, 15) is 9.59 Å². The molecule has 2 aromatic heterocycles. The molecule has 0 bridgehead atoms. The van der Waals surface area contributed by atoms with Gasteiger partial charge < -0.3 is 9.72 Å². The Morgan fingerprint density at radius 3 is 2.72 bits per heavy atom. The summed E-state index contributed by atoms with van der Waals surface area (Å²) in [5.41, 5.74) is 1.74. The topological polar surface area (TPSA) is 72.0 Å². The van der Waals surface area contributed by atoms with E-state index in [1.807, 2.05) is 44.2 Å². The highest BCUT2D eigenvalue weighted by Gasteiger charge is 2.22. The van der Waals surface area contributed by atoms with E-state index in [0.717, 1.165) is 16.0 Å². The minimum atomic E-state index is -0.389. The molecule has 0 saturated carbocycles. The Hall–Kier alpha value is -2.12. The molecule has 1 unspecified atom stereocenters. The molecule has 1 N–H and O–H groups in total. The largest absolute Gasteiger partial charge is 0.468 e. The molecule has 0 aliphatic heterocycles. The van der Waals surface area contributed by atoms with E-state index in [1.165, 1.54) is 30.2 Å². The molecule has 1 aromatic carbocycles. The number of esters is 1. The van der Waals surface area contributed by atoms with Gasteiger partial charge in [0, 0.05) is 10.4 Å². The molecule has 3 aromatic rings. The summed E-state index contributed by atoms with van der Waals surface area (Å²) in [4.78, 5) is 33.6. The predicted molar refractivity (Wildman–Crippen MR) is 102 cm³/mol. The number of ether oxygens (including phenoxy) is 1. The van der Waals surface area contributed by atoms with Crippen molar-refractivity contribution in [3.63, 3.8) is 0 Å². The van der Waals surface area contributed by atoms with Gasteiger partial charge in [0.25, 0.3) is 5.56 Å². The van der Waals surface area contributed by atoms with Gasteiger partial charge in [0.15, 0.2) is 5.16 Å². The first-order valence-corrected chi connectivity index (χ1v) is 9.58. The average molecular weight is 374 g/mol. The molecule has 0 amide bonds. The van der Waals surface area contributed by atoms with Gasteiger partial charge in [0.05, 0.1) is 12.5 Å². The van der Waals surface area contributed by atoms with Crippen LogP contribution in [0.1, 0.15) is 18.2 Å². The van der Waals surface area contributed by atoms with Crippen LogP contribution in [-0.4, -0.2) is 28.3 Å². The van der Waals surface area contributed by atoms with Gasteiger partial charge in [-0.2, -0.15) is 0 Å². The van der Waals surface area contributed by atoms with Gasteiger partial charge in [-0.15, -0.1) is 11.3 Å². The van der Waals surface area contributed by atoms with Crippen LogP contribution in [-0.2, 0) is 9.53 Å². The standard InChI is InChI=1S/C18H18N2O3S2/c1-4-12(17(22)23-3)25-18-19-15(21)14-13(10(2)24-16(14)20-18)11-8-6-5-7-9-11/h5-9,12H,4H2,1-3H3,(H,19,20,21). The maximum absolute atomic E-state index is 12.7. The molecule has 0 fully saturated rings. The third-order valence-corrected chi connectivity index (χ3v) is 6.09. The Balaban J connectivity index is 2.07. The zero-order valence-corrected chi connectivity index (χ0v) is 15.8. The lowest BCUT2D eigenvalue weighted by Gasteiger charge is -2.10. The number of thioether (sulfide) groups is 1. The molecular weight excluding hydrogens is 356 g/mol. The van der Waals surface area contributed by atoms with Crippen LogP contribution in [0.15, 0.2) is 40.3 Å². The third-order valence-electron chi connectivity index (χ3n) is 3.87. The van der Waals surface area contributed by atoms with E-state index in [2.05, 4.69) is 9.97 Å². The quantitative estimate of drug-likeness (QED) is 0.415. The summed E-state index contributed by atoms with van der Waals surface area (Å²) >= 11 is 2.72. The number of benzene rings is 1. The molecule has 0 saturated heterocycles. The molecule has 0 spiro atoms. The van der Waals surface area contributed by atoms with Crippen molar-refractivity contribution in [2.45, 2.75) is 30.7 Å². The molecule has 0 aliphatic carbocycles. The summed E-state index contributed by atoms with van der Waals surface area (Å²) in [6, 6.07) is 9.82. The van der Waals surface area contributed by atoms with E-state index < -0.39 is 0 Å². The van der Waals surface area contributed by atoms with Gasteiger partial charge in [0.2, 0.25) is 0 Å². The molecule has 0 aliphatic rings. The third kappa shape index (κ3) is 3.48. The van der Waals surface area contributed by atoms with Crippen LogP contribution in [0.5, 0.6) is 0 Å². The Bertz CT molecular complexity index is 964. The van der Waals surface area contributed by atoms with E-state index in [1.54, 1.807) is 0 Å². The first-order valence-electron chi connectivity index (χ1n) is 7.88. The SMILES string of the molecule is CCC(Sc1nc2sc(C)c(-c3ccccc3)c2c(=O)[nH]1)C(=O)OC. The maximum Gasteiger partial charge on any atom is 0.319 e. The van der Waals surface area contributed by atoms with Crippen LogP contribution in [0.3, 0.4) is 0 Å². The second-order valence-electron chi connectivity index (χ2n) is 5.49. The van der Waals surface area contributed by atoms with Crippen molar-refractivity contribution in [3.05, 3.63) is 45.6 Å². The lowest BCUT2D eigenvalue weighted by atomic mass is 10.0. The zero-order chi connectivity index (χ0) is 18.0. The van der Waals surface area contributed by atoms with Crippen molar-refractivity contribution >= 4 is 39.3 Å². The summed E-state index contributed by atoms with van der Waals surface area (Å²) in [5, 5.41) is 0.653. The molecule has 0 radical (unpaired) electrons. The van der Waals surface area contributed by atoms with Crippen molar-refractivity contribution in [1.82, 2.24) is 9.97 Å². The van der Waals surface area contributed by atoms with Crippen molar-refractivity contribution < 1.29 is 9.53 Å². The van der Waals surface area contributed by atoms with Crippen LogP contribution in [0.4, 0.5) is 0 Å². The Labute approximate surface area is 153 Å². The summed E-state index contributed by atoms with van der Waals surface area (Å²) in [7, 11) is 1.36. The highest BCUT2D eigenvalue weighted by Crippen LogP contribution is 2.36. The first-order chi connectivity index (χ1) is 12.0. The van der Waals surface area contributed by atoms with Crippen LogP contribution in [0.2, 0.25) is 0 Å². The first kappa shape index (κ1) is 17.7. The number of H-pyrrole nitrogens is 1. The Morgan fingerprint density at radius 1 is 1.36 bits per heavy atom. The highest BCUT2D eigenvalue weighted by molar-refractivity contribution is 8.00. The number of carbonyl (C=O) groups is 1. The lowest BCUT2D eigenvalue weighted by Crippen LogP contribution is -2.19. The van der Waals surface area contributed by atoms with Crippen molar-refractivity contribution in [2.75, 3.05) is 7.11 Å². The van der Waals surface area contributed by atoms with Crippen molar-refractivity contribution in [3.8, 4) is 11.1 Å². The fourth-order valence-corrected chi connectivity index (χ4v) is 4.70. The number of rotatable bonds is 5. The van der Waals surface area contributed by atoms with Crippen molar-refractivity contribution in [1.29, 1.82) is 0 Å². The smallest absolute Gasteiger partial charge is 0.319 e. The predicted octanol–water partition coefficient (Wildman–Crippen LogP) is 4.00. The highest BCUT2D eigenvalue weighted by atomic mass is 32.2. The van der Waals surface area contributed by atoms with E-state index in [-0.39, 0.29) is 16.8 Å². The zero-order valence-electron chi connectivity index (χ0n) is 14.2. The van der Waals surface area contributed by atoms with Gasteiger partial charge in [-0.05, 0) is 18.9 Å². The lowest BCUT2D eigenvalue weighted by molar-refractivity contribution is -0.140. The molecule has 1 atom stereocenters. The molecule has 25 heavy (non-hydrogen) atoms. The number of thiophene rings is 1. The van der Waals surface area contributed by atoms with Crippen LogP contribution >= 0.6 is 23.1 Å². The number of nitrogens with zero attached hydrogens (tertiary/aromatic N) is 1. The van der Waals surface area contributed by atoms with Crippen molar-refractivity contribution in [2.24, 2.45) is 0 Å². The number of aromatic nitrogens is 2. The number of nitrogens with one attached hydrogen (secondary N) is 1. The normalized spacial score (nSPS) is 12.3. The average Bonchev–Trinajstić information content (AvgIpc) is 2.96. The number of hydrogen-bond acceptors (Lipinski definition) is 6. The number of carbonyl (C=O) groups excluding carboxylic acids is 1. The number of aryl methyl sites for hydroxylation is 1. The fraction of sp³-hybridized carbons (Fsp3) is 0.278. The minimum absolute atomic E-state index is 0.185. The Morgan fingerprint density at radius 2 is 2.08 bits per heavy atom. The number of hydrogen-bond donors (Lipinski definition) is 1. The monoisotopic (exact) mass is 374 g/mol. The van der Waals surface area contributed by atoms with E-state index >= 15 is 0 Å². The van der Waals surface area contributed by atoms with E-state index in [4.69, 9.17) is 4.74 Å². The van der Waals surface area contributed by atoms with Crippen LogP contribution in [0.25, 0.3) is 21.3 Å². The van der Waals surface area contributed by atoms with Gasteiger partial charge in [-0.3, -0.25) is 9.59 Å². The van der Waals surface area contributed by atoms with Gasteiger partial charge >= 0.3 is 5.97 Å². The van der Waals surface area contributed by atoms with E-state index in [0.29, 0.717) is 21.8 Å². The van der Waals surface area contributed by atoms with Gasteiger partial charge in [-0.25, -0.2) is 4.98 Å². The molecular formula is C18H18N2O3S2. The van der Waals surface area contributed by atoms with Gasteiger partial charge in [0.1, 0.15) is 10.1 Å². The molecule has 3 rings (SSSR count). The number of methoxy groups -OCH3 is 1. The fourth-order valence-electron chi connectivity index (χ4n) is 2.67. The second kappa shape index (κ2) is 7.41. The molecule has 5 nitrogen and oxygen atoms in total. The second-order valence-corrected chi connectivity index (χ2v) is 7.88. The minimum Gasteiger partial charge on any atom is -0.468 e. The summed E-state index contributed by atoms with van der Waals surface area (Å²) < 4.78 is 4.80. The summed E-state index contributed by atoms with van der Waals surface area (Å²) in [6.45, 7) is 3.89. The Kier molecular flexibility index (Phi) is 5.24.